The molecule has 0 spiro atoms. The Labute approximate surface area is 149 Å². The molecule has 1 aliphatic heterocycles. The van der Waals surface area contributed by atoms with Crippen LogP contribution in [0.15, 0.2) is 28.2 Å². The van der Waals surface area contributed by atoms with E-state index in [4.69, 9.17) is 0 Å². The summed E-state index contributed by atoms with van der Waals surface area (Å²) < 4.78 is 30.4. The quantitative estimate of drug-likeness (QED) is 0.631. The molecule has 0 saturated carbocycles. The molecule has 0 amide bonds. The molecule has 0 N–H and O–H groups in total. The number of rotatable bonds is 2. The summed E-state index contributed by atoms with van der Waals surface area (Å²) in [5, 5.41) is 8.98. The second-order valence-corrected chi connectivity index (χ2v) is 8.35. The monoisotopic (exact) mass is 374 g/mol. The van der Waals surface area contributed by atoms with Crippen molar-refractivity contribution in [3.63, 3.8) is 0 Å². The summed E-state index contributed by atoms with van der Waals surface area (Å²) >= 11 is 0. The third kappa shape index (κ3) is 2.44. The maximum absolute atomic E-state index is 13.1. The summed E-state index contributed by atoms with van der Waals surface area (Å²) in [6.07, 6.45) is 3.28. The third-order valence-electron chi connectivity index (χ3n) is 4.76. The number of hydrogen-bond donors (Lipinski definition) is 0. The molecule has 9 nitrogen and oxygen atoms in total. The molecule has 1 aliphatic rings. The lowest BCUT2D eigenvalue weighted by Gasteiger charge is -2.27. The number of pyridine rings is 1. The molecular formula is C16H18N6O3S. The molecule has 10 heteroatoms. The number of nitrogens with zero attached hydrogens (tertiary/aromatic N) is 6. The van der Waals surface area contributed by atoms with E-state index in [1.54, 1.807) is 31.0 Å². The van der Waals surface area contributed by atoms with Crippen LogP contribution >= 0.6 is 0 Å². The minimum absolute atomic E-state index is 0.126. The van der Waals surface area contributed by atoms with Crippen LogP contribution < -0.4 is 5.56 Å². The first-order chi connectivity index (χ1) is 12.3. The SMILES string of the molecule is Cc1nn(C)c2ncc(S(=O)(=O)N3CCc4c(cnn(C)c4=O)C3)cc12. The molecule has 0 radical (unpaired) electrons. The molecule has 0 unspecified atom stereocenters. The molecule has 0 saturated heterocycles. The van der Waals surface area contributed by atoms with Crippen LogP contribution in [-0.4, -0.2) is 43.8 Å². The fourth-order valence-corrected chi connectivity index (χ4v) is 4.70. The Morgan fingerprint density at radius 1 is 1.15 bits per heavy atom. The molecule has 136 valence electrons. The molecule has 0 atom stereocenters. The number of hydrogen-bond acceptors (Lipinski definition) is 6. The third-order valence-corrected chi connectivity index (χ3v) is 6.57. The highest BCUT2D eigenvalue weighted by atomic mass is 32.2. The zero-order valence-electron chi connectivity index (χ0n) is 14.7. The fourth-order valence-electron chi connectivity index (χ4n) is 3.31. The average molecular weight is 374 g/mol. The normalized spacial score (nSPS) is 15.3. The second-order valence-electron chi connectivity index (χ2n) is 6.42. The summed E-state index contributed by atoms with van der Waals surface area (Å²) in [5.41, 5.74) is 2.47. The lowest BCUT2D eigenvalue weighted by Crippen LogP contribution is -2.39. The highest BCUT2D eigenvalue weighted by molar-refractivity contribution is 7.89. The first kappa shape index (κ1) is 16.9. The number of aromatic nitrogens is 5. The molecule has 0 aliphatic carbocycles. The molecule has 4 heterocycles. The molecule has 0 aromatic carbocycles. The number of fused-ring (bicyclic) bond motifs is 2. The Bertz CT molecular complexity index is 1190. The Kier molecular flexibility index (Phi) is 3.70. The van der Waals surface area contributed by atoms with Gasteiger partial charge in [-0.3, -0.25) is 9.48 Å². The molecule has 0 fully saturated rings. The van der Waals surface area contributed by atoms with Gasteiger partial charge in [0.15, 0.2) is 5.65 Å². The minimum atomic E-state index is -3.73. The predicted molar refractivity (Wildman–Crippen MR) is 94.0 cm³/mol. The van der Waals surface area contributed by atoms with Crippen molar-refractivity contribution in [2.24, 2.45) is 14.1 Å². The van der Waals surface area contributed by atoms with Gasteiger partial charge >= 0.3 is 0 Å². The Hall–Kier alpha value is -2.59. The molecule has 3 aromatic heterocycles. The van der Waals surface area contributed by atoms with E-state index >= 15 is 0 Å². The van der Waals surface area contributed by atoms with Gasteiger partial charge in [0.2, 0.25) is 10.0 Å². The van der Waals surface area contributed by atoms with Crippen molar-refractivity contribution in [2.75, 3.05) is 6.54 Å². The molecule has 26 heavy (non-hydrogen) atoms. The van der Waals surface area contributed by atoms with E-state index in [2.05, 4.69) is 15.2 Å². The van der Waals surface area contributed by atoms with Crippen LogP contribution in [0.3, 0.4) is 0 Å². The zero-order valence-corrected chi connectivity index (χ0v) is 15.5. The maximum atomic E-state index is 13.1. The minimum Gasteiger partial charge on any atom is -0.268 e. The van der Waals surface area contributed by atoms with Crippen molar-refractivity contribution in [3.05, 3.63) is 45.6 Å². The van der Waals surface area contributed by atoms with Gasteiger partial charge in [-0.25, -0.2) is 18.1 Å². The lowest BCUT2D eigenvalue weighted by atomic mass is 10.1. The van der Waals surface area contributed by atoms with E-state index in [9.17, 15) is 13.2 Å². The van der Waals surface area contributed by atoms with Gasteiger partial charge in [-0.1, -0.05) is 0 Å². The van der Waals surface area contributed by atoms with Gasteiger partial charge in [0.25, 0.3) is 5.56 Å². The van der Waals surface area contributed by atoms with E-state index in [-0.39, 0.29) is 23.5 Å². The molecule has 4 rings (SSSR count). The predicted octanol–water partition coefficient (Wildman–Crippen LogP) is 0.117. The van der Waals surface area contributed by atoms with Crippen molar-refractivity contribution in [1.29, 1.82) is 0 Å². The largest absolute Gasteiger partial charge is 0.270 e. The van der Waals surface area contributed by atoms with Gasteiger partial charge in [-0.15, -0.1) is 0 Å². The highest BCUT2D eigenvalue weighted by Gasteiger charge is 2.30. The van der Waals surface area contributed by atoms with Gasteiger partial charge in [0.05, 0.1) is 11.9 Å². The van der Waals surface area contributed by atoms with E-state index in [0.717, 1.165) is 5.69 Å². The molecule has 3 aromatic rings. The van der Waals surface area contributed by atoms with E-state index in [1.165, 1.54) is 15.2 Å². The van der Waals surface area contributed by atoms with Crippen molar-refractivity contribution < 1.29 is 8.42 Å². The summed E-state index contributed by atoms with van der Waals surface area (Å²) in [6.45, 7) is 2.20. The maximum Gasteiger partial charge on any atom is 0.270 e. The topological polar surface area (TPSA) is 103 Å². The van der Waals surface area contributed by atoms with Crippen molar-refractivity contribution in [3.8, 4) is 0 Å². The van der Waals surface area contributed by atoms with Gasteiger partial charge in [-0.2, -0.15) is 14.5 Å². The summed E-state index contributed by atoms with van der Waals surface area (Å²) in [6, 6.07) is 1.61. The van der Waals surface area contributed by atoms with Crippen LogP contribution in [0.2, 0.25) is 0 Å². The van der Waals surface area contributed by atoms with Gasteiger partial charge in [-0.05, 0) is 25.0 Å². The molecular weight excluding hydrogens is 356 g/mol. The van der Waals surface area contributed by atoms with Crippen LogP contribution in [0.4, 0.5) is 0 Å². The van der Waals surface area contributed by atoms with Gasteiger partial charge in [0.1, 0.15) is 4.90 Å². The van der Waals surface area contributed by atoms with E-state index < -0.39 is 10.0 Å². The number of aryl methyl sites for hydroxylation is 3. The van der Waals surface area contributed by atoms with Gasteiger partial charge < -0.3 is 0 Å². The highest BCUT2D eigenvalue weighted by Crippen LogP contribution is 2.25. The van der Waals surface area contributed by atoms with Crippen LogP contribution in [0.1, 0.15) is 16.8 Å². The standard InChI is InChI=1S/C16H18N6O3S/c1-10-14-6-12(8-17-15(14)20(2)19-10)26(24,25)22-5-4-13-11(9-22)7-18-21(3)16(13)23/h6-8H,4-5,9H2,1-3H3. The summed E-state index contributed by atoms with van der Waals surface area (Å²) in [4.78, 5) is 16.5. The fraction of sp³-hybridized carbons (Fsp3) is 0.375. The second kappa shape index (κ2) is 5.71. The molecule has 0 bridgehead atoms. The smallest absolute Gasteiger partial charge is 0.268 e. The van der Waals surface area contributed by atoms with Crippen molar-refractivity contribution in [1.82, 2.24) is 28.9 Å². The van der Waals surface area contributed by atoms with E-state index in [0.29, 0.717) is 28.6 Å². The Morgan fingerprint density at radius 3 is 2.69 bits per heavy atom. The van der Waals surface area contributed by atoms with E-state index in [1.807, 2.05) is 6.92 Å². The Balaban J connectivity index is 1.74. The van der Waals surface area contributed by atoms with Crippen LogP contribution in [0.5, 0.6) is 0 Å². The van der Waals surface area contributed by atoms with Crippen molar-refractivity contribution in [2.45, 2.75) is 24.8 Å². The average Bonchev–Trinajstić information content (AvgIpc) is 2.91. The summed E-state index contributed by atoms with van der Waals surface area (Å²) in [5.74, 6) is 0. The first-order valence-electron chi connectivity index (χ1n) is 8.12. The lowest BCUT2D eigenvalue weighted by molar-refractivity contribution is 0.386. The van der Waals surface area contributed by atoms with Crippen LogP contribution in [0.25, 0.3) is 11.0 Å². The zero-order chi connectivity index (χ0) is 18.6. The van der Waals surface area contributed by atoms with Crippen molar-refractivity contribution >= 4 is 21.1 Å². The van der Waals surface area contributed by atoms with Crippen LogP contribution in [-0.2, 0) is 37.1 Å². The van der Waals surface area contributed by atoms with Gasteiger partial charge in [0, 0.05) is 44.3 Å². The first-order valence-corrected chi connectivity index (χ1v) is 9.56. The number of sulfonamides is 1. The Morgan fingerprint density at radius 2 is 1.92 bits per heavy atom. The summed E-state index contributed by atoms with van der Waals surface area (Å²) in [7, 11) is -0.374. The van der Waals surface area contributed by atoms with Crippen LogP contribution in [0, 0.1) is 6.92 Å².